The van der Waals surface area contributed by atoms with Crippen LogP contribution in [0.25, 0.3) is 12.2 Å². The highest BCUT2D eigenvalue weighted by Crippen LogP contribution is 2.36. The van der Waals surface area contributed by atoms with Crippen LogP contribution in [0.3, 0.4) is 0 Å². The van der Waals surface area contributed by atoms with Crippen LogP contribution in [0.15, 0.2) is 175 Å². The summed E-state index contributed by atoms with van der Waals surface area (Å²) in [4.78, 5) is 25.4. The van der Waals surface area contributed by atoms with Crippen LogP contribution in [0.2, 0.25) is 0 Å². The number of carbonyl (C=O) groups excluding carboxylic acids is 2. The molecular formula is C57H53Br3F3IN2O7S2. The minimum atomic E-state index is -0.423. The average Bonchev–Trinajstić information content (AvgIpc) is 3.41. The lowest BCUT2D eigenvalue weighted by atomic mass is 10.1. The third-order valence-corrected chi connectivity index (χ3v) is 14.6. The molecule has 0 aromatic heterocycles. The normalized spacial score (nSPS) is 10.5. The van der Waals surface area contributed by atoms with Crippen molar-refractivity contribution in [3.63, 3.8) is 0 Å². The second kappa shape index (κ2) is 33.6. The maximum atomic E-state index is 14.1. The van der Waals surface area contributed by atoms with Gasteiger partial charge in [-0.1, -0.05) is 60.7 Å². The Morgan fingerprint density at radius 1 is 0.573 bits per heavy atom. The minimum Gasteiger partial charge on any atom is -0.497 e. The van der Waals surface area contributed by atoms with E-state index in [2.05, 4.69) is 77.4 Å². The third kappa shape index (κ3) is 22.0. The number of ether oxygens (including phenoxy) is 5. The Hall–Kier alpha value is -5.38. The van der Waals surface area contributed by atoms with Crippen LogP contribution in [-0.2, 0) is 30.6 Å². The lowest BCUT2D eigenvalue weighted by Crippen LogP contribution is -2.00. The van der Waals surface area contributed by atoms with Gasteiger partial charge in [0.2, 0.25) is 0 Å². The van der Waals surface area contributed by atoms with E-state index in [1.807, 2.05) is 95.4 Å². The molecule has 0 unspecified atom stereocenters. The molecule has 0 aliphatic heterocycles. The van der Waals surface area contributed by atoms with Gasteiger partial charge in [-0.2, -0.15) is 0 Å². The second-order valence-corrected chi connectivity index (χ2v) is 20.9. The fourth-order valence-electron chi connectivity index (χ4n) is 6.05. The van der Waals surface area contributed by atoms with E-state index in [1.165, 1.54) is 48.6 Å². The van der Waals surface area contributed by atoms with Crippen molar-refractivity contribution >= 4 is 135 Å². The Morgan fingerprint density at radius 3 is 1.59 bits per heavy atom. The van der Waals surface area contributed by atoms with Gasteiger partial charge >= 0.3 is 11.9 Å². The Balaban J connectivity index is 0.000000242. The van der Waals surface area contributed by atoms with Crippen LogP contribution >= 0.6 is 93.9 Å². The van der Waals surface area contributed by atoms with Crippen LogP contribution < -0.4 is 25.3 Å². The van der Waals surface area contributed by atoms with Gasteiger partial charge in [0.15, 0.2) is 0 Å². The molecule has 75 heavy (non-hydrogen) atoms. The van der Waals surface area contributed by atoms with Gasteiger partial charge in [0.1, 0.15) is 34.7 Å². The van der Waals surface area contributed by atoms with E-state index < -0.39 is 11.8 Å². The molecule has 3 N–H and O–H groups in total. The summed E-state index contributed by atoms with van der Waals surface area (Å²) >= 11 is 14.7. The summed E-state index contributed by atoms with van der Waals surface area (Å²) in [5.41, 5.74) is 11.8. The lowest BCUT2D eigenvalue weighted by Gasteiger charge is -2.15. The molecule has 0 atom stereocenters. The number of hydrogen-bond acceptors (Lipinski definition) is 11. The van der Waals surface area contributed by atoms with E-state index in [-0.39, 0.29) is 17.6 Å². The summed E-state index contributed by atoms with van der Waals surface area (Å²) in [5.74, 6) is 1.79. The number of nitrogen functional groups attached to an aromatic ring is 1. The first-order valence-corrected chi connectivity index (χ1v) is 28.0. The largest absolute Gasteiger partial charge is 0.497 e. The van der Waals surface area contributed by atoms with Gasteiger partial charge in [0.05, 0.1) is 57.2 Å². The molecule has 0 bridgehead atoms. The molecule has 18 heteroatoms. The molecule has 0 saturated heterocycles. The molecular weight excluding hydrogens is 1310 g/mol. The first kappa shape index (κ1) is 62.2. The molecule has 9 nitrogen and oxygen atoms in total. The fourth-order valence-corrected chi connectivity index (χ4v) is 9.50. The van der Waals surface area contributed by atoms with Crippen LogP contribution in [0.5, 0.6) is 17.2 Å². The smallest absolute Gasteiger partial charge is 0.330 e. The van der Waals surface area contributed by atoms with Gasteiger partial charge in [-0.15, -0.1) is 23.5 Å². The van der Waals surface area contributed by atoms with Crippen LogP contribution in [-0.4, -0.2) is 46.5 Å². The molecule has 7 aromatic carbocycles. The third-order valence-electron chi connectivity index (χ3n) is 9.78. The molecule has 0 radical (unpaired) electrons. The number of thioether (sulfide) groups is 2. The van der Waals surface area contributed by atoms with Crippen molar-refractivity contribution in [3.05, 3.63) is 208 Å². The van der Waals surface area contributed by atoms with Crippen molar-refractivity contribution in [2.24, 2.45) is 0 Å². The molecule has 7 aromatic rings. The summed E-state index contributed by atoms with van der Waals surface area (Å²) in [6, 6.07) is 42.6. The van der Waals surface area contributed by atoms with Crippen molar-refractivity contribution in [2.75, 3.05) is 45.6 Å². The van der Waals surface area contributed by atoms with Gasteiger partial charge < -0.3 is 34.7 Å². The molecule has 7 rings (SSSR count). The van der Waals surface area contributed by atoms with Crippen molar-refractivity contribution in [1.82, 2.24) is 0 Å². The van der Waals surface area contributed by atoms with E-state index >= 15 is 0 Å². The quantitative estimate of drug-likeness (QED) is 0.0227. The number of esters is 2. The number of carbonyl (C=O) groups is 2. The number of halogens is 7. The standard InChI is InChI=1S/C25H23BrFNO3S.C18H19NO2S.C7H5BrFIO.C7H6BrFO/c1-3-31-25(29)12-9-18-13-19(32-16-17-7-5-4-6-8-17)10-11-22(18)28-23-15-21(27)20(26)14-24(23)30-2;1-2-21-18(20)11-8-15-12-16(9-10-17(15)19)22-13-14-6-4-3-5-7-14;1-11-7-2-4(8)5(9)3-6(7)10;1-10-5-2-3-7(9)6(8)4-5/h4-15,28H,3,16H2,1-2H3;3-12H,2,13,19H2,1H3;2-3H,1H3;2-4H,1H3/b12-9+;11-8+;;. The maximum Gasteiger partial charge on any atom is 0.330 e. The van der Waals surface area contributed by atoms with E-state index in [1.54, 1.807) is 88.0 Å². The molecule has 0 amide bonds. The molecule has 0 aliphatic rings. The molecule has 0 fully saturated rings. The molecule has 0 spiro atoms. The zero-order valence-corrected chi connectivity index (χ0v) is 49.9. The first-order chi connectivity index (χ1) is 36.1. The van der Waals surface area contributed by atoms with E-state index in [4.69, 9.17) is 29.4 Å². The molecule has 0 heterocycles. The summed E-state index contributed by atoms with van der Waals surface area (Å²) in [5, 5.41) is 3.22. The summed E-state index contributed by atoms with van der Waals surface area (Å²) in [6.07, 6.45) is 6.17. The molecule has 0 saturated carbocycles. The Kier molecular flexibility index (Phi) is 27.9. The number of methoxy groups -OCH3 is 3. The Morgan fingerprint density at radius 2 is 1.07 bits per heavy atom. The molecule has 0 aliphatic carbocycles. The summed E-state index contributed by atoms with van der Waals surface area (Å²) in [6.45, 7) is 4.21. The number of nitrogens with two attached hydrogens (primary N) is 1. The van der Waals surface area contributed by atoms with Gasteiger partial charge in [-0.05, 0) is 191 Å². The number of hydrogen-bond donors (Lipinski definition) is 2. The zero-order chi connectivity index (χ0) is 54.7. The SMILES string of the molecule is CCOC(=O)/C=C/c1cc(SCc2ccccc2)ccc1N.CCOC(=O)/C=C/c1cc(SCc2ccccc2)ccc1Nc1cc(F)c(Br)cc1OC.COc1cc(Br)c(F)cc1I.COc1ccc(F)c(Br)c1. The van der Waals surface area contributed by atoms with Crippen molar-refractivity contribution < 1.29 is 46.4 Å². The lowest BCUT2D eigenvalue weighted by molar-refractivity contribution is -0.138. The number of benzene rings is 7. The van der Waals surface area contributed by atoms with Gasteiger partial charge in [-0.3, -0.25) is 0 Å². The summed E-state index contributed by atoms with van der Waals surface area (Å²) < 4.78 is 66.5. The number of nitrogens with one attached hydrogen (secondary N) is 1. The van der Waals surface area contributed by atoms with E-state index in [0.717, 1.165) is 36.0 Å². The first-order valence-electron chi connectivity index (χ1n) is 22.6. The van der Waals surface area contributed by atoms with Crippen molar-refractivity contribution in [2.45, 2.75) is 35.1 Å². The molecule has 394 valence electrons. The maximum absolute atomic E-state index is 14.1. The number of anilines is 3. The predicted molar refractivity (Wildman–Crippen MR) is 319 cm³/mol. The highest BCUT2D eigenvalue weighted by atomic mass is 127. The Bertz CT molecular complexity index is 3020. The van der Waals surface area contributed by atoms with E-state index in [0.29, 0.717) is 60.9 Å². The average molecular weight is 1370 g/mol. The van der Waals surface area contributed by atoms with Crippen LogP contribution in [0.4, 0.5) is 30.2 Å². The Labute approximate surface area is 483 Å². The van der Waals surface area contributed by atoms with Crippen molar-refractivity contribution in [1.29, 1.82) is 0 Å². The van der Waals surface area contributed by atoms with Crippen molar-refractivity contribution in [3.8, 4) is 17.2 Å². The highest BCUT2D eigenvalue weighted by molar-refractivity contribution is 14.1. The van der Waals surface area contributed by atoms with Gasteiger partial charge in [0, 0.05) is 50.9 Å². The van der Waals surface area contributed by atoms with Gasteiger partial charge in [-0.25, -0.2) is 22.8 Å². The predicted octanol–water partition coefficient (Wildman–Crippen LogP) is 17.1. The topological polar surface area (TPSA) is 118 Å². The summed E-state index contributed by atoms with van der Waals surface area (Å²) in [7, 11) is 4.62. The zero-order valence-electron chi connectivity index (χ0n) is 41.3. The monoisotopic (exact) mass is 1360 g/mol. The minimum absolute atomic E-state index is 0.268. The van der Waals surface area contributed by atoms with Crippen LogP contribution in [0.1, 0.15) is 36.1 Å². The van der Waals surface area contributed by atoms with Crippen LogP contribution in [0, 0.1) is 21.0 Å². The number of rotatable bonds is 17. The van der Waals surface area contributed by atoms with E-state index in [9.17, 15) is 22.8 Å². The highest BCUT2D eigenvalue weighted by Gasteiger charge is 2.13. The fraction of sp³-hybridized carbons (Fsp3) is 0.158. The van der Waals surface area contributed by atoms with Gasteiger partial charge in [0.25, 0.3) is 0 Å². The second-order valence-electron chi connectivity index (χ2n) is 15.0.